The normalized spacial score (nSPS) is 18.6. The van der Waals surface area contributed by atoms with Crippen molar-refractivity contribution in [3.63, 3.8) is 0 Å². The Balaban J connectivity index is 2.01. The molecule has 0 unspecified atom stereocenters. The van der Waals surface area contributed by atoms with Gasteiger partial charge in [0.15, 0.2) is 0 Å². The molecule has 0 aliphatic carbocycles. The summed E-state index contributed by atoms with van der Waals surface area (Å²) in [5.74, 6) is 1.75. The van der Waals surface area contributed by atoms with Crippen LogP contribution in [0.2, 0.25) is 0 Å². The zero-order chi connectivity index (χ0) is 19.6. The molecule has 2 aliphatic heterocycles. The number of methoxy groups -OCH3 is 2. The summed E-state index contributed by atoms with van der Waals surface area (Å²) in [6.07, 6.45) is 2.13. The van der Waals surface area contributed by atoms with Gasteiger partial charge < -0.3 is 19.7 Å². The van der Waals surface area contributed by atoms with Crippen molar-refractivity contribution in [1.29, 1.82) is 0 Å². The predicted molar refractivity (Wildman–Crippen MR) is 111 cm³/mol. The van der Waals surface area contributed by atoms with Gasteiger partial charge in [-0.1, -0.05) is 6.58 Å². The van der Waals surface area contributed by atoms with Gasteiger partial charge in [0.05, 0.1) is 19.8 Å². The van der Waals surface area contributed by atoms with Crippen LogP contribution in [-0.2, 0) is 6.54 Å². The number of ether oxygens (including phenoxy) is 2. The summed E-state index contributed by atoms with van der Waals surface area (Å²) in [6, 6.07) is 4.26. The molecule has 2 aliphatic rings. The molecule has 0 atom stereocenters. The number of hydrogen-bond donors (Lipinski definition) is 1. The summed E-state index contributed by atoms with van der Waals surface area (Å²) < 4.78 is 11.5. The van der Waals surface area contributed by atoms with Crippen molar-refractivity contribution in [2.24, 2.45) is 0 Å². The summed E-state index contributed by atoms with van der Waals surface area (Å²) in [6.45, 7) is 13.4. The fraction of sp³-hybridized carbons (Fsp3) is 0.455. The zero-order valence-electron chi connectivity index (χ0n) is 17.2. The number of hydrogen-bond acceptors (Lipinski definition) is 5. The first-order valence-corrected chi connectivity index (χ1v) is 9.46. The average Bonchev–Trinajstić information content (AvgIpc) is 2.70. The number of benzene rings is 1. The molecule has 1 aromatic carbocycles. The minimum atomic E-state index is 0.831. The second-order valence-electron chi connectivity index (χ2n) is 7.24. The molecule has 0 bridgehead atoms. The Hall–Kier alpha value is -2.24. The van der Waals surface area contributed by atoms with Gasteiger partial charge in [-0.15, -0.1) is 0 Å². The molecule has 1 saturated heterocycles. The first-order chi connectivity index (χ1) is 13.0. The van der Waals surface area contributed by atoms with E-state index < -0.39 is 0 Å². The molecule has 1 aromatic rings. The van der Waals surface area contributed by atoms with E-state index in [1.165, 1.54) is 16.7 Å². The lowest BCUT2D eigenvalue weighted by Crippen LogP contribution is -2.43. The Bertz CT molecular complexity index is 764. The lowest BCUT2D eigenvalue weighted by molar-refractivity contribution is 0.226. The molecule has 0 saturated carbocycles. The van der Waals surface area contributed by atoms with Crippen molar-refractivity contribution >= 4 is 5.57 Å². The van der Waals surface area contributed by atoms with E-state index in [-0.39, 0.29) is 0 Å². The van der Waals surface area contributed by atoms with E-state index in [0.29, 0.717) is 0 Å². The molecule has 146 valence electrons. The van der Waals surface area contributed by atoms with Gasteiger partial charge in [0.25, 0.3) is 0 Å². The summed E-state index contributed by atoms with van der Waals surface area (Å²) in [5.41, 5.74) is 6.86. The highest BCUT2D eigenvalue weighted by Gasteiger charge is 2.22. The summed E-state index contributed by atoms with van der Waals surface area (Å²) in [5, 5.41) is 3.40. The number of piperazine rings is 1. The molecule has 5 nitrogen and oxygen atoms in total. The molecule has 27 heavy (non-hydrogen) atoms. The number of rotatable bonds is 5. The zero-order valence-corrected chi connectivity index (χ0v) is 17.2. The van der Waals surface area contributed by atoms with Crippen LogP contribution in [0.5, 0.6) is 11.5 Å². The predicted octanol–water partition coefficient (Wildman–Crippen LogP) is 3.25. The summed E-state index contributed by atoms with van der Waals surface area (Å²) >= 11 is 0. The second-order valence-corrected chi connectivity index (χ2v) is 7.24. The van der Waals surface area contributed by atoms with E-state index >= 15 is 0 Å². The topological polar surface area (TPSA) is 37.0 Å². The van der Waals surface area contributed by atoms with E-state index in [0.717, 1.165) is 61.0 Å². The number of allylic oxidation sites excluding steroid dienone is 3. The fourth-order valence-electron chi connectivity index (χ4n) is 3.73. The van der Waals surface area contributed by atoms with Crippen molar-refractivity contribution < 1.29 is 9.47 Å². The van der Waals surface area contributed by atoms with Gasteiger partial charge >= 0.3 is 0 Å². The van der Waals surface area contributed by atoms with Gasteiger partial charge in [0.1, 0.15) is 11.5 Å². The van der Waals surface area contributed by atoms with Crippen molar-refractivity contribution in [3.8, 4) is 11.5 Å². The number of nitrogens with one attached hydrogen (secondary N) is 1. The number of likely N-dealkylation sites (N-methyl/N-ethyl adjacent to an activating group) is 1. The van der Waals surface area contributed by atoms with Crippen LogP contribution in [0, 0.1) is 0 Å². The molecule has 0 aromatic heterocycles. The van der Waals surface area contributed by atoms with Gasteiger partial charge in [0.2, 0.25) is 0 Å². The Morgan fingerprint density at radius 2 is 1.63 bits per heavy atom. The van der Waals surface area contributed by atoms with Crippen LogP contribution in [0.1, 0.15) is 25.0 Å². The van der Waals surface area contributed by atoms with Crippen molar-refractivity contribution in [3.05, 3.63) is 52.9 Å². The lowest BCUT2D eigenvalue weighted by Gasteiger charge is -2.30. The van der Waals surface area contributed by atoms with Gasteiger partial charge in [-0.2, -0.15) is 0 Å². The highest BCUT2D eigenvalue weighted by molar-refractivity contribution is 5.83. The maximum atomic E-state index is 5.77. The molecule has 0 radical (unpaired) electrons. The van der Waals surface area contributed by atoms with Crippen molar-refractivity contribution in [2.45, 2.75) is 20.4 Å². The third kappa shape index (κ3) is 3.89. The van der Waals surface area contributed by atoms with Crippen LogP contribution in [-0.4, -0.2) is 57.2 Å². The summed E-state index contributed by atoms with van der Waals surface area (Å²) in [7, 11) is 5.50. The van der Waals surface area contributed by atoms with Crippen LogP contribution in [0.25, 0.3) is 5.57 Å². The smallest absolute Gasteiger partial charge is 0.127 e. The highest BCUT2D eigenvalue weighted by Crippen LogP contribution is 2.39. The molecule has 3 rings (SSSR count). The first kappa shape index (κ1) is 19.5. The standard InChI is InChI=1S/C22H31N3O2/c1-15-16(2)19(13-24(4)17(15)3)18-11-21(26-5)20(22(12-18)27-6)14-25-9-7-23-8-10-25/h11-13,23H,3,7-10,14H2,1-2,4-6H3. The minimum absolute atomic E-state index is 0.831. The van der Waals surface area contributed by atoms with E-state index in [1.807, 2.05) is 7.05 Å². The van der Waals surface area contributed by atoms with Crippen LogP contribution in [0.15, 0.2) is 41.8 Å². The molecule has 0 spiro atoms. The average molecular weight is 370 g/mol. The quantitative estimate of drug-likeness (QED) is 0.862. The monoisotopic (exact) mass is 369 g/mol. The third-order valence-electron chi connectivity index (χ3n) is 5.66. The maximum Gasteiger partial charge on any atom is 0.127 e. The second kappa shape index (κ2) is 8.19. The lowest BCUT2D eigenvalue weighted by atomic mass is 9.91. The molecular weight excluding hydrogens is 338 g/mol. The van der Waals surface area contributed by atoms with Gasteiger partial charge in [-0.25, -0.2) is 0 Å². The Morgan fingerprint density at radius 1 is 1.04 bits per heavy atom. The van der Waals surface area contributed by atoms with Gasteiger partial charge in [-0.05, 0) is 42.7 Å². The van der Waals surface area contributed by atoms with E-state index in [4.69, 9.17) is 9.47 Å². The van der Waals surface area contributed by atoms with Crippen LogP contribution in [0.3, 0.4) is 0 Å². The largest absolute Gasteiger partial charge is 0.496 e. The molecule has 5 heteroatoms. The molecule has 1 fully saturated rings. The van der Waals surface area contributed by atoms with Crippen LogP contribution in [0.4, 0.5) is 0 Å². The van der Waals surface area contributed by atoms with Crippen molar-refractivity contribution in [1.82, 2.24) is 15.1 Å². The Kier molecular flexibility index (Phi) is 5.92. The van der Waals surface area contributed by atoms with Crippen LogP contribution >= 0.6 is 0 Å². The van der Waals surface area contributed by atoms with Gasteiger partial charge in [-0.3, -0.25) is 4.90 Å². The SMILES string of the molecule is C=C1C(C)=C(C)C(c2cc(OC)c(CN3CCNCC3)c(OC)c2)=CN1C. The van der Waals surface area contributed by atoms with E-state index in [9.17, 15) is 0 Å². The van der Waals surface area contributed by atoms with E-state index in [1.54, 1.807) is 14.2 Å². The van der Waals surface area contributed by atoms with Gasteiger partial charge in [0, 0.05) is 57.2 Å². The fourth-order valence-corrected chi connectivity index (χ4v) is 3.73. The van der Waals surface area contributed by atoms with Crippen molar-refractivity contribution in [2.75, 3.05) is 47.4 Å². The maximum absolute atomic E-state index is 5.77. The third-order valence-corrected chi connectivity index (χ3v) is 5.66. The first-order valence-electron chi connectivity index (χ1n) is 9.46. The molecule has 1 N–H and O–H groups in total. The highest BCUT2D eigenvalue weighted by atomic mass is 16.5. The van der Waals surface area contributed by atoms with E-state index in [2.05, 4.69) is 53.9 Å². The molecule has 0 amide bonds. The number of nitrogens with zero attached hydrogens (tertiary/aromatic N) is 2. The summed E-state index contributed by atoms with van der Waals surface area (Å²) in [4.78, 5) is 4.51. The minimum Gasteiger partial charge on any atom is -0.496 e. The Labute approximate surface area is 162 Å². The molecular formula is C22H31N3O2. The molecule has 2 heterocycles. The van der Waals surface area contributed by atoms with Crippen LogP contribution < -0.4 is 14.8 Å². The Morgan fingerprint density at radius 3 is 2.19 bits per heavy atom.